The van der Waals surface area contributed by atoms with Gasteiger partial charge < -0.3 is 14.8 Å². The largest absolute Gasteiger partial charge is 0.343 e. The molecule has 1 aromatic heterocycles. The van der Waals surface area contributed by atoms with Crippen LogP contribution in [0.3, 0.4) is 0 Å². The van der Waals surface area contributed by atoms with E-state index in [2.05, 4.69) is 83.2 Å². The monoisotopic (exact) mass is 568 g/mol. The molecule has 2 saturated heterocycles. The first kappa shape index (κ1) is 26.7. The smallest absolute Gasteiger partial charge is 0.152 e. The standard InChI is InChI=1S/C33H41FN6Si/c1-6-27-17-39(22-36-27)29-12-7-23(28-13-14-41(4,5)30(28)29)15-24-16-33(18-35-19-33)21-40-31(24)37-38(3)20-32(40,2)25-8-10-26(34)11-9-25/h7-12,15,17,22,35H,6,13-14,16,18-21H2,1-5H3. The summed E-state index contributed by atoms with van der Waals surface area (Å²) >= 11 is 0. The molecule has 2 aromatic carbocycles. The van der Waals surface area contributed by atoms with Crippen molar-refractivity contribution >= 4 is 25.2 Å². The van der Waals surface area contributed by atoms with Crippen LogP contribution in [0.4, 0.5) is 4.39 Å². The van der Waals surface area contributed by atoms with Crippen LogP contribution >= 0.6 is 0 Å². The number of aromatic nitrogens is 2. The first-order valence-electron chi connectivity index (χ1n) is 15.1. The molecule has 4 aliphatic rings. The molecule has 7 rings (SSSR count). The van der Waals surface area contributed by atoms with Crippen LogP contribution in [0.5, 0.6) is 0 Å². The molecule has 214 valence electrons. The number of likely N-dealkylation sites (N-methyl/N-ethyl adjacent to an activating group) is 1. The fraction of sp³-hybridized carbons (Fsp3) is 0.455. The Kier molecular flexibility index (Phi) is 6.11. The van der Waals surface area contributed by atoms with Crippen LogP contribution in [0, 0.1) is 11.2 Å². The molecule has 6 nitrogen and oxygen atoms in total. The number of nitrogens with zero attached hydrogens (tertiary/aromatic N) is 5. The predicted octanol–water partition coefficient (Wildman–Crippen LogP) is 4.90. The average Bonchev–Trinajstić information content (AvgIpc) is 3.53. The Labute approximate surface area is 244 Å². The summed E-state index contributed by atoms with van der Waals surface area (Å²) in [6.45, 7) is 13.2. The normalized spacial score (nSPS) is 25.2. The van der Waals surface area contributed by atoms with E-state index in [1.807, 2.05) is 18.5 Å². The number of halogens is 1. The summed E-state index contributed by atoms with van der Waals surface area (Å²) in [6, 6.07) is 13.0. The van der Waals surface area contributed by atoms with Gasteiger partial charge in [-0.1, -0.05) is 38.2 Å². The summed E-state index contributed by atoms with van der Waals surface area (Å²) in [7, 11) is 0.470. The van der Waals surface area contributed by atoms with E-state index < -0.39 is 8.07 Å². The number of benzene rings is 2. The zero-order valence-electron chi connectivity index (χ0n) is 25.0. The molecule has 5 heterocycles. The van der Waals surface area contributed by atoms with Crippen LogP contribution in [0.15, 0.2) is 59.6 Å². The molecule has 2 fully saturated rings. The van der Waals surface area contributed by atoms with Gasteiger partial charge in [0.25, 0.3) is 0 Å². The maximum atomic E-state index is 13.9. The maximum absolute atomic E-state index is 13.9. The predicted molar refractivity (Wildman–Crippen MR) is 167 cm³/mol. The van der Waals surface area contributed by atoms with Crippen molar-refractivity contribution < 1.29 is 4.39 Å². The van der Waals surface area contributed by atoms with Crippen molar-refractivity contribution in [2.75, 3.05) is 33.2 Å². The van der Waals surface area contributed by atoms with E-state index >= 15 is 0 Å². The molecule has 1 N–H and O–H groups in total. The van der Waals surface area contributed by atoms with Crippen LogP contribution in [-0.2, 0) is 18.4 Å². The molecule has 0 bridgehead atoms. The number of nitrogens with one attached hydrogen (secondary N) is 1. The van der Waals surface area contributed by atoms with E-state index in [1.165, 1.54) is 28.4 Å². The van der Waals surface area contributed by atoms with Gasteiger partial charge in [-0.05, 0) is 84.0 Å². The molecule has 41 heavy (non-hydrogen) atoms. The Hall–Kier alpha value is -3.23. The van der Waals surface area contributed by atoms with E-state index in [9.17, 15) is 4.39 Å². The van der Waals surface area contributed by atoms with Gasteiger partial charge in [-0.2, -0.15) is 5.10 Å². The molecular weight excluding hydrogens is 527 g/mol. The third kappa shape index (κ3) is 4.29. The van der Waals surface area contributed by atoms with Gasteiger partial charge in [0.1, 0.15) is 5.82 Å². The van der Waals surface area contributed by atoms with Crippen molar-refractivity contribution in [3.63, 3.8) is 0 Å². The lowest BCUT2D eigenvalue weighted by atomic mass is 9.70. The van der Waals surface area contributed by atoms with E-state index in [1.54, 1.807) is 17.3 Å². The Morgan fingerprint density at radius 2 is 1.88 bits per heavy atom. The van der Waals surface area contributed by atoms with Gasteiger partial charge in [-0.25, -0.2) is 9.37 Å². The number of aryl methyl sites for hydroxylation is 1. The number of piperidine rings is 1. The number of hydrogen-bond acceptors (Lipinski definition) is 5. The van der Waals surface area contributed by atoms with Crippen LogP contribution in [-0.4, -0.2) is 66.6 Å². The molecule has 0 amide bonds. The highest BCUT2D eigenvalue weighted by Gasteiger charge is 2.51. The Bertz CT molecular complexity index is 1570. The highest BCUT2D eigenvalue weighted by atomic mass is 28.3. The molecule has 0 aliphatic carbocycles. The lowest BCUT2D eigenvalue weighted by Crippen LogP contribution is -2.68. The SMILES string of the molecule is CCc1cn(-c2ccc(C=C3CC4(CNC4)CN4C3=NN(C)CC4(C)c3ccc(F)cc3)c3c2[Si](C)(C)CC3)cn1. The highest BCUT2D eigenvalue weighted by Crippen LogP contribution is 2.45. The molecule has 1 unspecified atom stereocenters. The summed E-state index contributed by atoms with van der Waals surface area (Å²) in [5.41, 5.74) is 7.63. The summed E-state index contributed by atoms with van der Waals surface area (Å²) in [5, 5.41) is 12.4. The maximum Gasteiger partial charge on any atom is 0.152 e. The molecule has 8 heteroatoms. The minimum Gasteiger partial charge on any atom is -0.343 e. The zero-order chi connectivity index (χ0) is 28.6. The van der Waals surface area contributed by atoms with Crippen molar-refractivity contribution in [3.05, 3.63) is 82.7 Å². The Morgan fingerprint density at radius 1 is 1.10 bits per heavy atom. The third-order valence-corrected chi connectivity index (χ3v) is 13.5. The number of amidine groups is 1. The fourth-order valence-electron chi connectivity index (χ4n) is 7.72. The van der Waals surface area contributed by atoms with Gasteiger partial charge in [0, 0.05) is 44.0 Å². The summed E-state index contributed by atoms with van der Waals surface area (Å²) < 4.78 is 16.2. The molecular formula is C33H41FN6Si. The fourth-order valence-corrected chi connectivity index (χ4v) is 10.8. The van der Waals surface area contributed by atoms with Crippen molar-refractivity contribution in [3.8, 4) is 5.69 Å². The Balaban J connectivity index is 1.35. The minimum absolute atomic E-state index is 0.187. The van der Waals surface area contributed by atoms with Crippen LogP contribution in [0.2, 0.25) is 19.1 Å². The topological polar surface area (TPSA) is 48.7 Å². The molecule has 0 saturated carbocycles. The quantitative estimate of drug-likeness (QED) is 0.455. The second kappa shape index (κ2) is 9.39. The van der Waals surface area contributed by atoms with Crippen molar-refractivity contribution in [1.29, 1.82) is 0 Å². The summed E-state index contributed by atoms with van der Waals surface area (Å²) in [6.07, 6.45) is 9.74. The molecule has 4 aliphatic heterocycles. The van der Waals surface area contributed by atoms with E-state index in [0.717, 1.165) is 62.5 Å². The second-order valence-electron chi connectivity index (χ2n) is 13.6. The molecule has 0 radical (unpaired) electrons. The lowest BCUT2D eigenvalue weighted by Gasteiger charge is -2.58. The zero-order valence-corrected chi connectivity index (χ0v) is 26.0. The van der Waals surface area contributed by atoms with E-state index in [4.69, 9.17) is 5.10 Å². The van der Waals surface area contributed by atoms with E-state index in [0.29, 0.717) is 0 Å². The molecule has 3 aromatic rings. The Morgan fingerprint density at radius 3 is 2.56 bits per heavy atom. The number of hydrogen-bond donors (Lipinski definition) is 1. The minimum atomic E-state index is -1.59. The first-order chi connectivity index (χ1) is 19.6. The number of rotatable bonds is 4. The molecule has 1 atom stereocenters. The average molecular weight is 569 g/mol. The van der Waals surface area contributed by atoms with Crippen LogP contribution in [0.25, 0.3) is 11.8 Å². The second-order valence-corrected chi connectivity index (χ2v) is 18.4. The van der Waals surface area contributed by atoms with E-state index in [-0.39, 0.29) is 16.8 Å². The van der Waals surface area contributed by atoms with Crippen molar-refractivity contribution in [2.45, 2.75) is 57.8 Å². The number of fused-ring (bicyclic) bond motifs is 2. The summed E-state index contributed by atoms with van der Waals surface area (Å²) in [4.78, 5) is 7.17. The molecule has 1 spiro atoms. The van der Waals surface area contributed by atoms with Crippen molar-refractivity contribution in [2.24, 2.45) is 10.5 Å². The van der Waals surface area contributed by atoms with Crippen LogP contribution in [0.1, 0.15) is 42.7 Å². The summed E-state index contributed by atoms with van der Waals surface area (Å²) in [5.74, 6) is 0.873. The van der Waals surface area contributed by atoms with Crippen LogP contribution < -0.4 is 10.5 Å². The van der Waals surface area contributed by atoms with Gasteiger partial charge in [0.05, 0.1) is 32.2 Å². The third-order valence-electron chi connectivity index (χ3n) is 10.1. The lowest BCUT2D eigenvalue weighted by molar-refractivity contribution is 0.0269. The number of imidazole rings is 1. The first-order valence-corrected chi connectivity index (χ1v) is 18.3. The highest BCUT2D eigenvalue weighted by molar-refractivity contribution is 6.91. The van der Waals surface area contributed by atoms with Gasteiger partial charge in [-0.3, -0.25) is 5.01 Å². The number of hydrazone groups is 1. The van der Waals surface area contributed by atoms with Crippen molar-refractivity contribution in [1.82, 2.24) is 24.8 Å². The van der Waals surface area contributed by atoms with Gasteiger partial charge in [0.2, 0.25) is 0 Å². The van der Waals surface area contributed by atoms with Gasteiger partial charge in [-0.15, -0.1) is 0 Å². The van der Waals surface area contributed by atoms with Gasteiger partial charge in [0.15, 0.2) is 5.84 Å². The van der Waals surface area contributed by atoms with Gasteiger partial charge >= 0.3 is 0 Å².